The van der Waals surface area contributed by atoms with Gasteiger partial charge in [-0.15, -0.1) is 0 Å². The molecule has 0 spiro atoms. The van der Waals surface area contributed by atoms with Gasteiger partial charge in [0.2, 0.25) is 0 Å². The van der Waals surface area contributed by atoms with Crippen molar-refractivity contribution < 1.29 is 13.2 Å². The summed E-state index contributed by atoms with van der Waals surface area (Å²) in [7, 11) is 3.61. The van der Waals surface area contributed by atoms with Gasteiger partial charge in [-0.1, -0.05) is 12.6 Å². The number of aromatic nitrogens is 4. The van der Waals surface area contributed by atoms with E-state index in [9.17, 15) is 13.2 Å². The van der Waals surface area contributed by atoms with Crippen LogP contribution in [0.4, 0.5) is 13.2 Å². The third-order valence-electron chi connectivity index (χ3n) is 5.41. The number of halogens is 3. The molecule has 1 aromatic carbocycles. The zero-order chi connectivity index (χ0) is 20.8. The Bertz CT molecular complexity index is 1040. The van der Waals surface area contributed by atoms with E-state index in [-0.39, 0.29) is 0 Å². The Labute approximate surface area is 166 Å². The van der Waals surface area contributed by atoms with Crippen LogP contribution in [0.2, 0.25) is 0 Å². The van der Waals surface area contributed by atoms with Crippen LogP contribution >= 0.6 is 0 Å². The van der Waals surface area contributed by atoms with Crippen molar-refractivity contribution >= 4 is 16.6 Å². The summed E-state index contributed by atoms with van der Waals surface area (Å²) in [6.45, 7) is 6.20. The Morgan fingerprint density at radius 3 is 2.59 bits per heavy atom. The van der Waals surface area contributed by atoms with E-state index in [4.69, 9.17) is 0 Å². The molecule has 2 aromatic heterocycles. The van der Waals surface area contributed by atoms with Crippen molar-refractivity contribution in [3.8, 4) is 11.3 Å². The van der Waals surface area contributed by atoms with Crippen molar-refractivity contribution in [1.82, 2.24) is 30.2 Å². The Morgan fingerprint density at radius 1 is 1.21 bits per heavy atom. The molecule has 6 nitrogen and oxygen atoms in total. The Hall–Kier alpha value is -2.81. The first-order valence-electron chi connectivity index (χ1n) is 9.46. The van der Waals surface area contributed by atoms with E-state index in [0.717, 1.165) is 42.9 Å². The molecule has 1 fully saturated rings. The average Bonchev–Trinajstić information content (AvgIpc) is 3.26. The van der Waals surface area contributed by atoms with Gasteiger partial charge < -0.3 is 10.2 Å². The van der Waals surface area contributed by atoms with E-state index < -0.39 is 11.9 Å². The lowest BCUT2D eigenvalue weighted by atomic mass is 10.0. The molecule has 0 saturated carbocycles. The Balaban J connectivity index is 1.63. The minimum atomic E-state index is -4.48. The number of nitrogens with one attached hydrogen (secondary N) is 2. The smallest absolute Gasteiger partial charge is 0.381 e. The van der Waals surface area contributed by atoms with Gasteiger partial charge in [-0.05, 0) is 51.2 Å². The minimum absolute atomic E-state index is 0.333. The fraction of sp³-hybridized carbons (Fsp3) is 0.400. The number of H-pyrrole nitrogens is 1. The quantitative estimate of drug-likeness (QED) is 0.697. The fourth-order valence-electron chi connectivity index (χ4n) is 3.75. The lowest BCUT2D eigenvalue weighted by Gasteiger charge is -2.30. The predicted octanol–water partition coefficient (Wildman–Crippen LogP) is 3.64. The highest BCUT2D eigenvalue weighted by atomic mass is 19.4. The highest BCUT2D eigenvalue weighted by Crippen LogP contribution is 2.33. The molecule has 2 N–H and O–H groups in total. The molecule has 1 saturated heterocycles. The molecule has 9 heteroatoms. The molecular weight excluding hydrogens is 381 g/mol. The molecule has 0 amide bonds. The van der Waals surface area contributed by atoms with Crippen LogP contribution in [0, 0.1) is 0 Å². The SMILES string of the molecule is C=C(NC1CCN(C)CC1)c1n[nH]c2ccc(-c3cc(C(F)(F)F)nn3C)cc12. The number of rotatable bonds is 4. The summed E-state index contributed by atoms with van der Waals surface area (Å²) in [5.41, 5.74) is 2.31. The summed E-state index contributed by atoms with van der Waals surface area (Å²) < 4.78 is 40.3. The zero-order valence-electron chi connectivity index (χ0n) is 16.3. The van der Waals surface area contributed by atoms with Crippen LogP contribution in [0.5, 0.6) is 0 Å². The fourth-order valence-corrected chi connectivity index (χ4v) is 3.75. The number of likely N-dealkylation sites (tertiary alicyclic amines) is 1. The third kappa shape index (κ3) is 3.87. The maximum Gasteiger partial charge on any atom is 0.435 e. The summed E-state index contributed by atoms with van der Waals surface area (Å²) in [6.07, 6.45) is -2.43. The zero-order valence-corrected chi connectivity index (χ0v) is 16.3. The molecule has 0 bridgehead atoms. The molecule has 154 valence electrons. The number of hydrogen-bond donors (Lipinski definition) is 2. The second-order valence-electron chi connectivity index (χ2n) is 7.57. The van der Waals surface area contributed by atoms with Gasteiger partial charge in [0.25, 0.3) is 0 Å². The Morgan fingerprint density at radius 2 is 1.93 bits per heavy atom. The number of aromatic amines is 1. The van der Waals surface area contributed by atoms with Crippen LogP contribution in [0.15, 0.2) is 30.8 Å². The lowest BCUT2D eigenvalue weighted by Crippen LogP contribution is -2.40. The van der Waals surface area contributed by atoms with Crippen LogP contribution < -0.4 is 5.32 Å². The number of alkyl halides is 3. The van der Waals surface area contributed by atoms with Crippen molar-refractivity contribution in [3.63, 3.8) is 0 Å². The molecule has 0 radical (unpaired) electrons. The number of aryl methyl sites for hydroxylation is 1. The van der Waals surface area contributed by atoms with E-state index in [1.165, 1.54) is 11.7 Å². The highest BCUT2D eigenvalue weighted by Gasteiger charge is 2.34. The van der Waals surface area contributed by atoms with Crippen LogP contribution in [0.1, 0.15) is 24.2 Å². The molecule has 1 aliphatic heterocycles. The van der Waals surface area contributed by atoms with E-state index >= 15 is 0 Å². The Kier molecular flexibility index (Phi) is 4.85. The first kappa shape index (κ1) is 19.5. The molecule has 3 aromatic rings. The van der Waals surface area contributed by atoms with Crippen molar-refractivity contribution in [2.24, 2.45) is 7.05 Å². The largest absolute Gasteiger partial charge is 0.435 e. The summed E-state index contributed by atoms with van der Waals surface area (Å²) in [5.74, 6) is 0. The maximum atomic E-state index is 13.0. The number of benzene rings is 1. The summed E-state index contributed by atoms with van der Waals surface area (Å²) in [5, 5.41) is 15.2. The minimum Gasteiger partial charge on any atom is -0.381 e. The van der Waals surface area contributed by atoms with Crippen LogP contribution in [-0.4, -0.2) is 51.1 Å². The highest BCUT2D eigenvalue weighted by molar-refractivity contribution is 5.92. The number of piperidine rings is 1. The van der Waals surface area contributed by atoms with Gasteiger partial charge in [0.1, 0.15) is 5.69 Å². The lowest BCUT2D eigenvalue weighted by molar-refractivity contribution is -0.141. The van der Waals surface area contributed by atoms with E-state index in [2.05, 4.69) is 39.1 Å². The normalized spacial score (nSPS) is 16.4. The summed E-state index contributed by atoms with van der Waals surface area (Å²) in [6, 6.07) is 6.79. The van der Waals surface area contributed by atoms with Gasteiger partial charge in [0.15, 0.2) is 5.69 Å². The van der Waals surface area contributed by atoms with Gasteiger partial charge in [-0.3, -0.25) is 9.78 Å². The first-order chi connectivity index (χ1) is 13.7. The second-order valence-corrected chi connectivity index (χ2v) is 7.57. The maximum absolute atomic E-state index is 13.0. The van der Waals surface area contributed by atoms with Crippen molar-refractivity contribution in [3.05, 3.63) is 42.2 Å². The van der Waals surface area contributed by atoms with E-state index in [0.29, 0.717) is 28.7 Å². The molecule has 29 heavy (non-hydrogen) atoms. The molecule has 0 atom stereocenters. The molecule has 3 heterocycles. The summed E-state index contributed by atoms with van der Waals surface area (Å²) >= 11 is 0. The molecule has 0 aliphatic carbocycles. The number of fused-ring (bicyclic) bond motifs is 1. The second kappa shape index (κ2) is 7.22. The molecular formula is C20H23F3N6. The van der Waals surface area contributed by atoms with E-state index in [1.54, 1.807) is 6.07 Å². The van der Waals surface area contributed by atoms with Gasteiger partial charge in [-0.25, -0.2) is 0 Å². The van der Waals surface area contributed by atoms with Crippen LogP contribution in [-0.2, 0) is 13.2 Å². The van der Waals surface area contributed by atoms with E-state index in [1.807, 2.05) is 12.1 Å². The van der Waals surface area contributed by atoms with Gasteiger partial charge in [0, 0.05) is 24.0 Å². The third-order valence-corrected chi connectivity index (χ3v) is 5.41. The van der Waals surface area contributed by atoms with Crippen molar-refractivity contribution in [2.75, 3.05) is 20.1 Å². The number of hydrogen-bond acceptors (Lipinski definition) is 4. The molecule has 1 aliphatic rings. The van der Waals surface area contributed by atoms with Gasteiger partial charge >= 0.3 is 6.18 Å². The van der Waals surface area contributed by atoms with Crippen LogP contribution in [0.3, 0.4) is 0 Å². The summed E-state index contributed by atoms with van der Waals surface area (Å²) in [4.78, 5) is 2.29. The van der Waals surface area contributed by atoms with Crippen molar-refractivity contribution in [1.29, 1.82) is 0 Å². The van der Waals surface area contributed by atoms with Crippen LogP contribution in [0.25, 0.3) is 27.9 Å². The standard InChI is InChI=1S/C20H23F3N6/c1-12(24-14-6-8-28(2)9-7-14)19-15-10-13(4-5-16(15)25-26-19)17-11-18(20(21,22)23)27-29(17)3/h4-5,10-11,14,24H,1,6-9H2,2-3H3,(H,25,26). The predicted molar refractivity (Wildman–Crippen MR) is 106 cm³/mol. The average molecular weight is 404 g/mol. The number of nitrogens with zero attached hydrogens (tertiary/aromatic N) is 4. The first-order valence-corrected chi connectivity index (χ1v) is 9.46. The monoisotopic (exact) mass is 404 g/mol. The van der Waals surface area contributed by atoms with Crippen molar-refractivity contribution in [2.45, 2.75) is 25.1 Å². The molecule has 0 unspecified atom stereocenters. The van der Waals surface area contributed by atoms with Gasteiger partial charge in [-0.2, -0.15) is 23.4 Å². The van der Waals surface area contributed by atoms with Gasteiger partial charge in [0.05, 0.1) is 16.9 Å². The topological polar surface area (TPSA) is 61.8 Å². The molecule has 4 rings (SSSR count).